The number of rotatable bonds is 3. The summed E-state index contributed by atoms with van der Waals surface area (Å²) in [5, 5.41) is 2.86. The fourth-order valence-electron chi connectivity index (χ4n) is 2.85. The highest BCUT2D eigenvalue weighted by Crippen LogP contribution is 2.64. The maximum Gasteiger partial charge on any atom is 0.233 e. The zero-order chi connectivity index (χ0) is 16.1. The van der Waals surface area contributed by atoms with Crippen molar-refractivity contribution in [3.63, 3.8) is 0 Å². The number of hydrogen-bond acceptors (Lipinski definition) is 2. The van der Waals surface area contributed by atoms with Gasteiger partial charge in [-0.3, -0.25) is 9.59 Å². The zero-order valence-electron chi connectivity index (χ0n) is 12.6. The predicted molar refractivity (Wildman–Crippen MR) is 88.6 cm³/mol. The van der Waals surface area contributed by atoms with Crippen LogP contribution in [0.3, 0.4) is 0 Å². The van der Waals surface area contributed by atoms with Crippen LogP contribution in [0.4, 0.5) is 11.4 Å². The summed E-state index contributed by atoms with van der Waals surface area (Å²) in [6.07, 6.45) is 1.95. The molecule has 0 bridgehead atoms. The highest BCUT2D eigenvalue weighted by atomic mass is 35.5. The molecule has 22 heavy (non-hydrogen) atoms. The Bertz CT molecular complexity index is 660. The third-order valence-corrected chi connectivity index (χ3v) is 5.68. The first-order valence-corrected chi connectivity index (χ1v) is 8.10. The second-order valence-corrected chi connectivity index (χ2v) is 7.80. The predicted octanol–water partition coefficient (Wildman–Crippen LogP) is 3.64. The lowest BCUT2D eigenvalue weighted by molar-refractivity contribution is -0.120. The number of halogens is 2. The average molecular weight is 341 g/mol. The van der Waals surface area contributed by atoms with Crippen molar-refractivity contribution < 1.29 is 9.59 Å². The number of amides is 2. The minimum atomic E-state index is -0.978. The Hall–Kier alpha value is -1.26. The summed E-state index contributed by atoms with van der Waals surface area (Å²) in [5.41, 5.74) is 1.81. The minimum Gasteiger partial charge on any atom is -0.326 e. The van der Waals surface area contributed by atoms with Crippen LogP contribution in [0.25, 0.3) is 0 Å². The Morgan fingerprint density at radius 3 is 2.55 bits per heavy atom. The average Bonchev–Trinajstić information content (AvgIpc) is 2.76. The van der Waals surface area contributed by atoms with Gasteiger partial charge in [-0.15, -0.1) is 23.2 Å². The normalized spacial score (nSPS) is 26.2. The topological polar surface area (TPSA) is 49.4 Å². The summed E-state index contributed by atoms with van der Waals surface area (Å²) in [4.78, 5) is 25.9. The summed E-state index contributed by atoms with van der Waals surface area (Å²) in [7, 11) is 0. The standard InChI is InChI=1S/C16H18Cl2N2O2/c1-10-8-11(19-14(22)15(2)9-16(15,17)18)5-6-12(10)20-7-3-4-13(20)21/h5-6,8H,3-4,7,9H2,1-2H3,(H,19,22)/t15-/m1/s1. The monoisotopic (exact) mass is 340 g/mol. The van der Waals surface area contributed by atoms with Gasteiger partial charge in [0.25, 0.3) is 0 Å². The van der Waals surface area contributed by atoms with Crippen molar-refractivity contribution in [1.82, 2.24) is 0 Å². The summed E-state index contributed by atoms with van der Waals surface area (Å²) in [6.45, 7) is 4.44. The fraction of sp³-hybridized carbons (Fsp3) is 0.500. The number of benzene rings is 1. The highest BCUT2D eigenvalue weighted by Gasteiger charge is 2.67. The van der Waals surface area contributed by atoms with Gasteiger partial charge >= 0.3 is 0 Å². The maximum atomic E-state index is 12.3. The van der Waals surface area contributed by atoms with Gasteiger partial charge in [0.2, 0.25) is 11.8 Å². The van der Waals surface area contributed by atoms with Crippen LogP contribution in [0.1, 0.15) is 31.7 Å². The highest BCUT2D eigenvalue weighted by molar-refractivity contribution is 6.53. The molecule has 1 saturated carbocycles. The summed E-state index contributed by atoms with van der Waals surface area (Å²) in [5.74, 6) is -0.0265. The molecule has 1 heterocycles. The number of alkyl halides is 2. The Balaban J connectivity index is 1.75. The molecule has 1 atom stereocenters. The van der Waals surface area contributed by atoms with E-state index < -0.39 is 9.75 Å². The molecule has 0 radical (unpaired) electrons. The molecule has 4 nitrogen and oxygen atoms in total. The van der Waals surface area contributed by atoms with E-state index in [4.69, 9.17) is 23.2 Å². The summed E-state index contributed by atoms with van der Waals surface area (Å²) < 4.78 is -0.978. The number of hydrogen-bond donors (Lipinski definition) is 1. The largest absolute Gasteiger partial charge is 0.326 e. The van der Waals surface area contributed by atoms with Gasteiger partial charge in [-0.2, -0.15) is 0 Å². The molecule has 0 unspecified atom stereocenters. The molecule has 1 aliphatic carbocycles. The van der Waals surface area contributed by atoms with Gasteiger partial charge in [-0.25, -0.2) is 0 Å². The molecule has 2 fully saturated rings. The molecule has 6 heteroatoms. The van der Waals surface area contributed by atoms with Crippen molar-refractivity contribution in [2.75, 3.05) is 16.8 Å². The lowest BCUT2D eigenvalue weighted by Gasteiger charge is -2.19. The van der Waals surface area contributed by atoms with Crippen LogP contribution in [-0.2, 0) is 9.59 Å². The van der Waals surface area contributed by atoms with Crippen LogP contribution in [-0.4, -0.2) is 22.7 Å². The number of carbonyl (C=O) groups excluding carboxylic acids is 2. The maximum absolute atomic E-state index is 12.3. The van der Waals surface area contributed by atoms with E-state index in [1.807, 2.05) is 25.1 Å². The van der Waals surface area contributed by atoms with Gasteiger partial charge < -0.3 is 10.2 Å². The van der Waals surface area contributed by atoms with Crippen LogP contribution >= 0.6 is 23.2 Å². The van der Waals surface area contributed by atoms with Crippen molar-refractivity contribution in [2.45, 2.75) is 37.4 Å². The van der Waals surface area contributed by atoms with Gasteiger partial charge in [0.1, 0.15) is 4.33 Å². The second kappa shape index (κ2) is 5.14. The summed E-state index contributed by atoms with van der Waals surface area (Å²) in [6, 6.07) is 5.55. The number of carbonyl (C=O) groups is 2. The van der Waals surface area contributed by atoms with Gasteiger partial charge in [0.15, 0.2) is 0 Å². The van der Waals surface area contributed by atoms with Crippen LogP contribution in [0.15, 0.2) is 18.2 Å². The van der Waals surface area contributed by atoms with Gasteiger partial charge in [0, 0.05) is 24.3 Å². The van der Waals surface area contributed by atoms with Gasteiger partial charge in [-0.05, 0) is 50.5 Å². The number of nitrogens with zero attached hydrogens (tertiary/aromatic N) is 1. The summed E-state index contributed by atoms with van der Waals surface area (Å²) >= 11 is 12.1. The van der Waals surface area contributed by atoms with E-state index in [1.165, 1.54) is 0 Å². The van der Waals surface area contributed by atoms with E-state index in [0.29, 0.717) is 18.5 Å². The first-order chi connectivity index (χ1) is 10.2. The van der Waals surface area contributed by atoms with Crippen molar-refractivity contribution in [3.05, 3.63) is 23.8 Å². The third kappa shape index (κ3) is 2.48. The smallest absolute Gasteiger partial charge is 0.233 e. The molecule has 1 saturated heterocycles. The van der Waals surface area contributed by atoms with E-state index in [2.05, 4.69) is 5.32 Å². The van der Waals surface area contributed by atoms with Crippen molar-refractivity contribution in [1.29, 1.82) is 0 Å². The Morgan fingerprint density at radius 1 is 1.36 bits per heavy atom. The second-order valence-electron chi connectivity index (χ2n) is 6.32. The van der Waals surface area contributed by atoms with E-state index in [-0.39, 0.29) is 11.8 Å². The Labute approximate surface area is 139 Å². The SMILES string of the molecule is Cc1cc(NC(=O)[C@@]2(C)CC2(Cl)Cl)ccc1N1CCCC1=O. The molecular formula is C16H18Cl2N2O2. The first-order valence-electron chi connectivity index (χ1n) is 7.35. The van der Waals surface area contributed by atoms with Crippen molar-refractivity contribution >= 4 is 46.4 Å². The molecule has 0 spiro atoms. The quantitative estimate of drug-likeness (QED) is 0.854. The molecule has 2 aliphatic rings. The van der Waals surface area contributed by atoms with E-state index in [1.54, 1.807) is 11.8 Å². The molecule has 1 aromatic carbocycles. The van der Waals surface area contributed by atoms with E-state index >= 15 is 0 Å². The molecule has 1 aromatic rings. The van der Waals surface area contributed by atoms with Gasteiger partial charge in [0.05, 0.1) is 5.41 Å². The van der Waals surface area contributed by atoms with Crippen molar-refractivity contribution in [2.24, 2.45) is 5.41 Å². The zero-order valence-corrected chi connectivity index (χ0v) is 14.1. The van der Waals surface area contributed by atoms with Crippen molar-refractivity contribution in [3.8, 4) is 0 Å². The van der Waals surface area contributed by atoms with Crippen LogP contribution in [0, 0.1) is 12.3 Å². The van der Waals surface area contributed by atoms with Crippen LogP contribution in [0.5, 0.6) is 0 Å². The Morgan fingerprint density at radius 2 is 2.05 bits per heavy atom. The minimum absolute atomic E-state index is 0.152. The molecule has 1 N–H and O–H groups in total. The molecule has 2 amide bonds. The molecular weight excluding hydrogens is 323 g/mol. The third-order valence-electron chi connectivity index (χ3n) is 4.58. The fourth-order valence-corrected chi connectivity index (χ4v) is 3.56. The number of aryl methyl sites for hydroxylation is 1. The first kappa shape index (κ1) is 15.6. The number of anilines is 2. The van der Waals surface area contributed by atoms with E-state index in [0.717, 1.165) is 24.2 Å². The molecule has 1 aliphatic heterocycles. The lowest BCUT2D eigenvalue weighted by Crippen LogP contribution is -2.26. The van der Waals surface area contributed by atoms with Crippen LogP contribution < -0.4 is 10.2 Å². The van der Waals surface area contributed by atoms with E-state index in [9.17, 15) is 9.59 Å². The Kier molecular flexibility index (Phi) is 3.65. The van der Waals surface area contributed by atoms with Gasteiger partial charge in [-0.1, -0.05) is 0 Å². The lowest BCUT2D eigenvalue weighted by atomic mass is 10.1. The number of nitrogens with one attached hydrogen (secondary N) is 1. The molecule has 0 aromatic heterocycles. The molecule has 118 valence electrons. The van der Waals surface area contributed by atoms with Crippen LogP contribution in [0.2, 0.25) is 0 Å². The molecule has 3 rings (SSSR count).